The number of benzene rings is 2. The largest absolute Gasteiger partial charge is 0.480 e. The quantitative estimate of drug-likeness (QED) is 0.745. The lowest BCUT2D eigenvalue weighted by Crippen LogP contribution is -2.46. The van der Waals surface area contributed by atoms with Gasteiger partial charge in [-0.05, 0) is 42.4 Å². The van der Waals surface area contributed by atoms with Gasteiger partial charge >= 0.3 is 5.97 Å². The molecule has 2 aromatic rings. The number of carbonyl (C=O) groups is 1. The van der Waals surface area contributed by atoms with Crippen LogP contribution in [0.3, 0.4) is 0 Å². The van der Waals surface area contributed by atoms with E-state index in [4.69, 9.17) is 0 Å². The van der Waals surface area contributed by atoms with Gasteiger partial charge in [-0.1, -0.05) is 61.5 Å². The third-order valence-electron chi connectivity index (χ3n) is 5.84. The predicted molar refractivity (Wildman–Crippen MR) is 104 cm³/mol. The van der Waals surface area contributed by atoms with E-state index in [9.17, 15) is 9.90 Å². The Hall–Kier alpha value is -2.17. The van der Waals surface area contributed by atoms with Crippen molar-refractivity contribution >= 4 is 5.97 Å². The fourth-order valence-electron chi connectivity index (χ4n) is 4.26. The van der Waals surface area contributed by atoms with Crippen LogP contribution in [0.15, 0.2) is 54.6 Å². The summed E-state index contributed by atoms with van der Waals surface area (Å²) < 4.78 is 0. The molecule has 0 radical (unpaired) electrons. The average molecular weight is 352 g/mol. The molecule has 4 nitrogen and oxygen atoms in total. The summed E-state index contributed by atoms with van der Waals surface area (Å²) in [5.74, 6) is -0.306. The zero-order valence-electron chi connectivity index (χ0n) is 15.8. The monoisotopic (exact) mass is 352 g/mol. The summed E-state index contributed by atoms with van der Waals surface area (Å²) in [4.78, 5) is 11.2. The number of aliphatic carboxylic acids is 1. The minimum absolute atomic E-state index is 0.0302. The maximum Gasteiger partial charge on any atom is 0.322 e. The first-order chi connectivity index (χ1) is 12.5. The van der Waals surface area contributed by atoms with Crippen molar-refractivity contribution in [3.63, 3.8) is 0 Å². The van der Waals surface area contributed by atoms with Gasteiger partial charge in [0.15, 0.2) is 0 Å². The number of carboxylic acids is 1. The molecule has 2 N–H and O–H groups in total. The lowest BCUT2D eigenvalue weighted by atomic mass is 9.72. The summed E-state index contributed by atoms with van der Waals surface area (Å²) in [6.07, 6.45) is 2.01. The Labute approximate surface area is 155 Å². The molecule has 0 saturated heterocycles. The van der Waals surface area contributed by atoms with Crippen LogP contribution in [0.1, 0.15) is 49.3 Å². The van der Waals surface area contributed by atoms with Gasteiger partial charge < -0.3 is 5.11 Å². The summed E-state index contributed by atoms with van der Waals surface area (Å²) >= 11 is 0. The van der Waals surface area contributed by atoms with Crippen molar-refractivity contribution in [2.45, 2.75) is 44.1 Å². The highest BCUT2D eigenvalue weighted by Gasteiger charge is 2.42. The van der Waals surface area contributed by atoms with Gasteiger partial charge in [-0.2, -0.15) is 0 Å². The molecule has 0 bridgehead atoms. The van der Waals surface area contributed by atoms with E-state index in [1.54, 1.807) is 19.0 Å². The summed E-state index contributed by atoms with van der Waals surface area (Å²) in [6, 6.07) is 18.9. The zero-order valence-corrected chi connectivity index (χ0v) is 15.8. The number of hydrogen-bond acceptors (Lipinski definition) is 3. The van der Waals surface area contributed by atoms with Crippen molar-refractivity contribution in [2.75, 3.05) is 13.6 Å². The van der Waals surface area contributed by atoms with Gasteiger partial charge in [0.25, 0.3) is 0 Å². The van der Waals surface area contributed by atoms with E-state index in [2.05, 4.69) is 66.9 Å². The van der Waals surface area contributed by atoms with Gasteiger partial charge in [0, 0.05) is 19.0 Å². The third-order valence-corrected chi connectivity index (χ3v) is 5.84. The Kier molecular flexibility index (Phi) is 5.44. The smallest absolute Gasteiger partial charge is 0.322 e. The second kappa shape index (κ2) is 7.60. The van der Waals surface area contributed by atoms with Crippen molar-refractivity contribution in [3.8, 4) is 0 Å². The van der Waals surface area contributed by atoms with E-state index in [1.165, 1.54) is 16.7 Å². The lowest BCUT2D eigenvalue weighted by Gasteiger charge is -2.33. The molecule has 0 amide bonds. The number of likely N-dealkylation sites (N-methyl/N-ethyl adjacent to an activating group) is 1. The summed E-state index contributed by atoms with van der Waals surface area (Å²) in [7, 11) is 1.79. The molecule has 26 heavy (non-hydrogen) atoms. The second-order valence-corrected chi connectivity index (χ2v) is 7.42. The Morgan fingerprint density at radius 1 is 1.23 bits per heavy atom. The standard InChI is InChI=1S/C22H28N2O2/c1-16-15-22(18-9-5-4-6-10-18,20-12-8-7-11-19(16)20)13-14-23-24(3)17(2)21(25)26/h4-12,16-17,23H,13-15H2,1-3H3,(H,25,26). The number of fused-ring (bicyclic) bond motifs is 1. The van der Waals surface area contributed by atoms with Crippen molar-refractivity contribution < 1.29 is 9.90 Å². The highest BCUT2D eigenvalue weighted by Crippen LogP contribution is 2.51. The first-order valence-corrected chi connectivity index (χ1v) is 9.30. The fourth-order valence-corrected chi connectivity index (χ4v) is 4.26. The molecular weight excluding hydrogens is 324 g/mol. The highest BCUT2D eigenvalue weighted by molar-refractivity contribution is 5.72. The van der Waals surface area contributed by atoms with E-state index in [-0.39, 0.29) is 5.41 Å². The van der Waals surface area contributed by atoms with Crippen LogP contribution in [0.2, 0.25) is 0 Å². The van der Waals surface area contributed by atoms with Crippen LogP contribution in [0.4, 0.5) is 0 Å². The molecule has 0 saturated carbocycles. The van der Waals surface area contributed by atoms with Crippen LogP contribution in [-0.2, 0) is 10.2 Å². The number of nitrogens with zero attached hydrogens (tertiary/aromatic N) is 1. The molecule has 3 unspecified atom stereocenters. The number of hydrogen-bond donors (Lipinski definition) is 2. The Morgan fingerprint density at radius 3 is 2.58 bits per heavy atom. The topological polar surface area (TPSA) is 52.6 Å². The maximum absolute atomic E-state index is 11.2. The van der Waals surface area contributed by atoms with E-state index in [1.807, 2.05) is 0 Å². The van der Waals surface area contributed by atoms with Crippen molar-refractivity contribution in [1.82, 2.24) is 10.4 Å². The Bertz CT molecular complexity index is 762. The fraction of sp³-hybridized carbons (Fsp3) is 0.409. The maximum atomic E-state index is 11.2. The second-order valence-electron chi connectivity index (χ2n) is 7.42. The van der Waals surface area contributed by atoms with E-state index in [0.29, 0.717) is 5.92 Å². The molecule has 3 rings (SSSR count). The molecule has 2 aromatic carbocycles. The van der Waals surface area contributed by atoms with Gasteiger partial charge in [-0.25, -0.2) is 5.01 Å². The van der Waals surface area contributed by atoms with Crippen molar-refractivity contribution in [1.29, 1.82) is 0 Å². The first-order valence-electron chi connectivity index (χ1n) is 9.30. The predicted octanol–water partition coefficient (Wildman–Crippen LogP) is 3.78. The van der Waals surface area contributed by atoms with Crippen LogP contribution in [0, 0.1) is 0 Å². The number of rotatable bonds is 7. The summed E-state index contributed by atoms with van der Waals surface area (Å²) in [5.41, 5.74) is 7.44. The summed E-state index contributed by atoms with van der Waals surface area (Å²) in [6.45, 7) is 4.72. The molecule has 1 aliphatic rings. The Morgan fingerprint density at radius 2 is 1.88 bits per heavy atom. The average Bonchev–Trinajstić information content (AvgIpc) is 2.95. The molecule has 3 atom stereocenters. The lowest BCUT2D eigenvalue weighted by molar-refractivity contribution is -0.143. The van der Waals surface area contributed by atoms with Crippen LogP contribution >= 0.6 is 0 Å². The van der Waals surface area contributed by atoms with Gasteiger partial charge in [-0.3, -0.25) is 10.2 Å². The minimum atomic E-state index is -0.822. The van der Waals surface area contributed by atoms with Crippen LogP contribution in [0.25, 0.3) is 0 Å². The van der Waals surface area contributed by atoms with E-state index < -0.39 is 12.0 Å². The van der Waals surface area contributed by atoms with E-state index in [0.717, 1.165) is 19.4 Å². The van der Waals surface area contributed by atoms with Crippen molar-refractivity contribution in [3.05, 3.63) is 71.3 Å². The summed E-state index contributed by atoms with van der Waals surface area (Å²) in [5, 5.41) is 10.9. The molecule has 138 valence electrons. The zero-order chi connectivity index (χ0) is 18.7. The van der Waals surface area contributed by atoms with Gasteiger partial charge in [-0.15, -0.1) is 0 Å². The highest BCUT2D eigenvalue weighted by atomic mass is 16.4. The van der Waals surface area contributed by atoms with Gasteiger partial charge in [0.1, 0.15) is 6.04 Å². The molecular formula is C22H28N2O2. The molecule has 0 fully saturated rings. The van der Waals surface area contributed by atoms with E-state index >= 15 is 0 Å². The number of nitrogens with one attached hydrogen (secondary N) is 1. The molecule has 1 aliphatic carbocycles. The van der Waals surface area contributed by atoms with Gasteiger partial charge in [0.2, 0.25) is 0 Å². The van der Waals surface area contributed by atoms with Crippen molar-refractivity contribution in [2.24, 2.45) is 0 Å². The normalized spacial score (nSPS) is 23.0. The van der Waals surface area contributed by atoms with Crippen LogP contribution in [0.5, 0.6) is 0 Å². The third kappa shape index (κ3) is 3.39. The Balaban J connectivity index is 1.87. The molecule has 4 heteroatoms. The SMILES string of the molecule is CC1CC(CCNN(C)C(C)C(=O)O)(c2ccccc2)c2ccccc21. The van der Waals surface area contributed by atoms with Gasteiger partial charge in [0.05, 0.1) is 0 Å². The molecule has 0 aliphatic heterocycles. The number of carboxylic acid groups (broad SMARTS) is 1. The first kappa shape index (κ1) is 18.6. The molecule has 0 aromatic heterocycles. The molecule has 0 spiro atoms. The van der Waals surface area contributed by atoms with Crippen LogP contribution in [-0.4, -0.2) is 35.7 Å². The molecule has 0 heterocycles. The van der Waals surface area contributed by atoms with Crippen LogP contribution < -0.4 is 5.43 Å². The number of hydrazine groups is 1. The minimum Gasteiger partial charge on any atom is -0.480 e.